The minimum atomic E-state index is -3.63. The lowest BCUT2D eigenvalue weighted by atomic mass is 10.2. The van der Waals surface area contributed by atoms with Gasteiger partial charge in [-0.3, -0.25) is 0 Å². The van der Waals surface area contributed by atoms with Crippen LogP contribution < -0.4 is 0 Å². The largest absolute Gasteiger partial charge is 0.391 e. The predicted octanol–water partition coefficient (Wildman–Crippen LogP) is 3.48. The molecule has 0 amide bonds. The zero-order chi connectivity index (χ0) is 15.6. The molecule has 0 fully saturated rings. The molecule has 0 aliphatic rings. The molecule has 1 N–H and O–H groups in total. The van der Waals surface area contributed by atoms with Crippen molar-refractivity contribution in [2.75, 3.05) is 7.05 Å². The summed E-state index contributed by atoms with van der Waals surface area (Å²) in [6.45, 7) is 0.0381. The van der Waals surface area contributed by atoms with Crippen LogP contribution in [0.2, 0.25) is 5.02 Å². The van der Waals surface area contributed by atoms with E-state index in [2.05, 4.69) is 15.9 Å². The summed E-state index contributed by atoms with van der Waals surface area (Å²) in [5.41, 5.74) is 0.808. The molecule has 0 radical (unpaired) electrons. The first-order chi connectivity index (χ1) is 9.84. The second-order valence-electron chi connectivity index (χ2n) is 4.40. The van der Waals surface area contributed by atoms with Gasteiger partial charge in [-0.1, -0.05) is 23.7 Å². The first-order valence-corrected chi connectivity index (χ1v) is 9.37. The Morgan fingerprint density at radius 3 is 2.67 bits per heavy atom. The fourth-order valence-corrected chi connectivity index (χ4v) is 5.66. The van der Waals surface area contributed by atoms with E-state index >= 15 is 0 Å². The van der Waals surface area contributed by atoms with E-state index in [1.807, 2.05) is 6.07 Å². The summed E-state index contributed by atoms with van der Waals surface area (Å²) in [6, 6.07) is 8.55. The third kappa shape index (κ3) is 3.85. The third-order valence-electron chi connectivity index (χ3n) is 2.84. The molecule has 2 aromatic rings. The van der Waals surface area contributed by atoms with Gasteiger partial charge in [-0.25, -0.2) is 8.42 Å². The fraction of sp³-hybridized carbons (Fsp3) is 0.231. The number of aliphatic hydroxyl groups is 1. The van der Waals surface area contributed by atoms with Gasteiger partial charge in [0.25, 0.3) is 0 Å². The molecular weight excluding hydrogens is 398 g/mol. The molecule has 0 aliphatic carbocycles. The molecule has 21 heavy (non-hydrogen) atoms. The van der Waals surface area contributed by atoms with Crippen LogP contribution >= 0.6 is 38.9 Å². The topological polar surface area (TPSA) is 57.6 Å². The molecule has 2 rings (SSSR count). The van der Waals surface area contributed by atoms with Crippen molar-refractivity contribution in [3.05, 3.63) is 49.6 Å². The van der Waals surface area contributed by atoms with E-state index in [-0.39, 0.29) is 18.0 Å². The van der Waals surface area contributed by atoms with E-state index in [1.165, 1.54) is 28.8 Å². The van der Waals surface area contributed by atoms with Crippen molar-refractivity contribution in [2.45, 2.75) is 18.0 Å². The number of hydrogen-bond acceptors (Lipinski definition) is 4. The monoisotopic (exact) mass is 409 g/mol. The molecule has 4 nitrogen and oxygen atoms in total. The Labute approximate surface area is 141 Å². The van der Waals surface area contributed by atoms with Crippen LogP contribution in [0.5, 0.6) is 0 Å². The highest BCUT2D eigenvalue weighted by Crippen LogP contribution is 2.33. The van der Waals surface area contributed by atoms with Gasteiger partial charge in [0.1, 0.15) is 4.90 Å². The molecule has 114 valence electrons. The van der Waals surface area contributed by atoms with Gasteiger partial charge in [0.15, 0.2) is 0 Å². The molecule has 1 aromatic carbocycles. The lowest BCUT2D eigenvalue weighted by Gasteiger charge is -2.17. The summed E-state index contributed by atoms with van der Waals surface area (Å²) < 4.78 is 26.9. The molecule has 0 bridgehead atoms. The Hall–Kier alpha value is -0.440. The summed E-state index contributed by atoms with van der Waals surface area (Å²) in [6.07, 6.45) is 0. The van der Waals surface area contributed by atoms with E-state index in [0.717, 1.165) is 5.56 Å². The number of rotatable bonds is 5. The minimum absolute atomic E-state index is 0.168. The maximum Gasteiger partial charge on any atom is 0.245 e. The molecule has 0 saturated carbocycles. The highest BCUT2D eigenvalue weighted by Gasteiger charge is 2.25. The van der Waals surface area contributed by atoms with Gasteiger partial charge in [-0.15, -0.1) is 11.3 Å². The Kier molecular flexibility index (Phi) is 5.45. The first kappa shape index (κ1) is 16.9. The summed E-state index contributed by atoms with van der Waals surface area (Å²) in [7, 11) is -2.11. The zero-order valence-corrected chi connectivity index (χ0v) is 15.1. The first-order valence-electron chi connectivity index (χ1n) is 5.94. The number of benzene rings is 1. The molecule has 1 heterocycles. The molecule has 0 unspecified atom stereocenters. The van der Waals surface area contributed by atoms with E-state index in [9.17, 15) is 8.42 Å². The van der Waals surface area contributed by atoms with E-state index in [0.29, 0.717) is 13.7 Å². The molecule has 1 aromatic heterocycles. The van der Waals surface area contributed by atoms with Crippen molar-refractivity contribution in [3.8, 4) is 0 Å². The van der Waals surface area contributed by atoms with Crippen LogP contribution in [0.3, 0.4) is 0 Å². The second-order valence-corrected chi connectivity index (χ2v) is 9.30. The van der Waals surface area contributed by atoms with Crippen LogP contribution in [0.4, 0.5) is 0 Å². The van der Waals surface area contributed by atoms with Gasteiger partial charge in [0.05, 0.1) is 10.4 Å². The SMILES string of the molecule is CN(Cc1cccc(Cl)c1)S(=O)(=O)c1cc(CO)sc1Br. The number of sulfonamides is 1. The number of nitrogens with zero attached hydrogens (tertiary/aromatic N) is 1. The van der Waals surface area contributed by atoms with Crippen LogP contribution in [0, 0.1) is 0 Å². The van der Waals surface area contributed by atoms with E-state index in [4.69, 9.17) is 16.7 Å². The smallest absolute Gasteiger partial charge is 0.245 e. The number of hydrogen-bond donors (Lipinski definition) is 1. The maximum absolute atomic E-state index is 12.6. The highest BCUT2D eigenvalue weighted by molar-refractivity contribution is 9.11. The van der Waals surface area contributed by atoms with Gasteiger partial charge >= 0.3 is 0 Å². The van der Waals surface area contributed by atoms with Crippen LogP contribution in [0.25, 0.3) is 0 Å². The lowest BCUT2D eigenvalue weighted by molar-refractivity contribution is 0.285. The predicted molar refractivity (Wildman–Crippen MR) is 88.0 cm³/mol. The quantitative estimate of drug-likeness (QED) is 0.821. The van der Waals surface area contributed by atoms with Crippen LogP contribution in [-0.2, 0) is 23.2 Å². The van der Waals surface area contributed by atoms with Gasteiger partial charge in [-0.05, 0) is 39.7 Å². The molecule has 0 spiro atoms. The Bertz CT molecular complexity index is 746. The van der Waals surface area contributed by atoms with Crippen LogP contribution in [-0.4, -0.2) is 24.9 Å². The lowest BCUT2D eigenvalue weighted by Crippen LogP contribution is -2.26. The third-order valence-corrected chi connectivity index (χ3v) is 7.12. The van der Waals surface area contributed by atoms with Gasteiger partial charge < -0.3 is 5.11 Å². The molecule has 0 saturated heterocycles. The number of halogens is 2. The van der Waals surface area contributed by atoms with Gasteiger partial charge in [0.2, 0.25) is 10.0 Å². The maximum atomic E-state index is 12.6. The highest BCUT2D eigenvalue weighted by atomic mass is 79.9. The van der Waals surface area contributed by atoms with Crippen molar-refractivity contribution in [2.24, 2.45) is 0 Å². The normalized spacial score (nSPS) is 12.0. The summed E-state index contributed by atoms with van der Waals surface area (Å²) in [4.78, 5) is 0.762. The average Bonchev–Trinajstić information content (AvgIpc) is 2.80. The fourth-order valence-electron chi connectivity index (χ4n) is 1.80. The zero-order valence-electron chi connectivity index (χ0n) is 11.1. The van der Waals surface area contributed by atoms with Crippen molar-refractivity contribution in [1.82, 2.24) is 4.31 Å². The average molecular weight is 411 g/mol. The van der Waals surface area contributed by atoms with E-state index < -0.39 is 10.0 Å². The van der Waals surface area contributed by atoms with Crippen molar-refractivity contribution < 1.29 is 13.5 Å². The number of aliphatic hydroxyl groups excluding tert-OH is 1. The van der Waals surface area contributed by atoms with E-state index in [1.54, 1.807) is 18.2 Å². The summed E-state index contributed by atoms with van der Waals surface area (Å²) in [5, 5.41) is 9.68. The van der Waals surface area contributed by atoms with Gasteiger partial charge in [0, 0.05) is 23.5 Å². The number of thiophene rings is 1. The Morgan fingerprint density at radius 2 is 2.10 bits per heavy atom. The van der Waals surface area contributed by atoms with Crippen LogP contribution in [0.15, 0.2) is 39.0 Å². The van der Waals surface area contributed by atoms with Crippen molar-refractivity contribution >= 4 is 48.9 Å². The van der Waals surface area contributed by atoms with Crippen molar-refractivity contribution in [1.29, 1.82) is 0 Å². The molecular formula is C13H13BrClNO3S2. The summed E-state index contributed by atoms with van der Waals surface area (Å²) in [5.74, 6) is 0. The van der Waals surface area contributed by atoms with Crippen LogP contribution in [0.1, 0.15) is 10.4 Å². The van der Waals surface area contributed by atoms with Crippen molar-refractivity contribution in [3.63, 3.8) is 0 Å². The van der Waals surface area contributed by atoms with Gasteiger partial charge in [-0.2, -0.15) is 4.31 Å². The molecule has 8 heteroatoms. The molecule has 0 aliphatic heterocycles. The standard InChI is InChI=1S/C13H13BrClNO3S2/c1-16(7-9-3-2-4-10(15)5-9)21(18,19)12-6-11(8-17)20-13(12)14/h2-6,17H,7-8H2,1H3. The minimum Gasteiger partial charge on any atom is -0.391 e. The Morgan fingerprint density at radius 1 is 1.38 bits per heavy atom. The second kappa shape index (κ2) is 6.76. The summed E-state index contributed by atoms with van der Waals surface area (Å²) >= 11 is 10.4. The Balaban J connectivity index is 2.28. The molecule has 0 atom stereocenters.